The first kappa shape index (κ1) is 29.3. The molecule has 0 saturated carbocycles. The molecule has 0 saturated heterocycles. The van der Waals surface area contributed by atoms with Crippen molar-refractivity contribution in [1.82, 2.24) is 10.3 Å². The minimum Gasteiger partial charge on any atom is -0.351 e. The van der Waals surface area contributed by atoms with E-state index in [1.165, 1.54) is 23.4 Å². The van der Waals surface area contributed by atoms with E-state index in [4.69, 9.17) is 34.8 Å². The van der Waals surface area contributed by atoms with E-state index in [0.717, 1.165) is 5.56 Å². The van der Waals surface area contributed by atoms with Crippen LogP contribution in [0.4, 0.5) is 5.82 Å². The number of rotatable bonds is 8. The second-order valence-electron chi connectivity index (χ2n) is 10.3. The maximum atomic E-state index is 13.9. The van der Waals surface area contributed by atoms with Crippen LogP contribution in [-0.2, 0) is 27.7 Å². The maximum absolute atomic E-state index is 13.9. The second-order valence-corrected chi connectivity index (χ2v) is 13.4. The van der Waals surface area contributed by atoms with Gasteiger partial charge in [-0.15, -0.1) is 0 Å². The molecule has 0 spiro atoms. The molecule has 2 heterocycles. The largest absolute Gasteiger partial charge is 0.351 e. The Morgan fingerprint density at radius 2 is 1.72 bits per heavy atom. The Morgan fingerprint density at radius 1 is 1.05 bits per heavy atom. The van der Waals surface area contributed by atoms with Crippen LogP contribution < -0.4 is 9.62 Å². The first-order valence-corrected chi connectivity index (χ1v) is 14.9. The van der Waals surface area contributed by atoms with Crippen molar-refractivity contribution in [3.8, 4) is 0 Å². The van der Waals surface area contributed by atoms with E-state index < -0.39 is 15.6 Å². The lowest BCUT2D eigenvalue weighted by molar-refractivity contribution is -0.120. The lowest BCUT2D eigenvalue weighted by Crippen LogP contribution is -2.48. The number of aromatic nitrogens is 1. The SMILES string of the molecule is CC(=O)NC(C)(C)C[C@@H]1Cc2ccc(CC(=O)c3c(Cl)cccc3Cl)nc2N(S(=O)(=O)c2cccc(Cl)c2)C1. The third-order valence-electron chi connectivity index (χ3n) is 6.46. The summed E-state index contributed by atoms with van der Waals surface area (Å²) in [6, 6.07) is 14.4. The molecule has 1 atom stereocenters. The Hall–Kier alpha value is -2.65. The monoisotopic (exact) mass is 607 g/mol. The van der Waals surface area contributed by atoms with Crippen LogP contribution in [0.5, 0.6) is 0 Å². The van der Waals surface area contributed by atoms with E-state index >= 15 is 0 Å². The molecule has 0 radical (unpaired) electrons. The summed E-state index contributed by atoms with van der Waals surface area (Å²) >= 11 is 18.6. The maximum Gasteiger partial charge on any atom is 0.265 e. The fraction of sp³-hybridized carbons (Fsp3) is 0.321. The first-order chi connectivity index (χ1) is 18.3. The molecule has 1 aliphatic heterocycles. The molecule has 11 heteroatoms. The number of hydrogen-bond acceptors (Lipinski definition) is 5. The van der Waals surface area contributed by atoms with Gasteiger partial charge in [-0.05, 0) is 74.6 Å². The fourth-order valence-corrected chi connectivity index (χ4v) is 7.49. The molecule has 3 aromatic rings. The molecular weight excluding hydrogens is 581 g/mol. The van der Waals surface area contributed by atoms with Gasteiger partial charge >= 0.3 is 0 Å². The van der Waals surface area contributed by atoms with Crippen molar-refractivity contribution in [2.45, 2.75) is 50.5 Å². The number of benzene rings is 2. The summed E-state index contributed by atoms with van der Waals surface area (Å²) in [5, 5.41) is 3.70. The minimum absolute atomic E-state index is 0.0360. The number of carbonyl (C=O) groups excluding carboxylic acids is 2. The highest BCUT2D eigenvalue weighted by Crippen LogP contribution is 2.36. The number of nitrogens with zero attached hydrogens (tertiary/aromatic N) is 2. The van der Waals surface area contributed by atoms with Gasteiger partial charge in [-0.25, -0.2) is 17.7 Å². The normalized spacial score (nSPS) is 15.5. The van der Waals surface area contributed by atoms with Crippen molar-refractivity contribution in [3.05, 3.63) is 86.5 Å². The average Bonchev–Trinajstić information content (AvgIpc) is 2.82. The number of ketones is 1. The average molecular weight is 609 g/mol. The number of carbonyl (C=O) groups is 2. The van der Waals surface area contributed by atoms with Crippen molar-refractivity contribution in [2.24, 2.45) is 5.92 Å². The summed E-state index contributed by atoms with van der Waals surface area (Å²) in [6.07, 6.45) is 0.983. The number of amides is 1. The highest BCUT2D eigenvalue weighted by Gasteiger charge is 2.37. The van der Waals surface area contributed by atoms with Gasteiger partial charge in [-0.3, -0.25) is 9.59 Å². The number of pyridine rings is 1. The van der Waals surface area contributed by atoms with Crippen molar-refractivity contribution in [1.29, 1.82) is 0 Å². The van der Waals surface area contributed by atoms with Gasteiger partial charge in [-0.2, -0.15) is 0 Å². The van der Waals surface area contributed by atoms with E-state index in [-0.39, 0.29) is 56.9 Å². The van der Waals surface area contributed by atoms with E-state index in [9.17, 15) is 18.0 Å². The van der Waals surface area contributed by atoms with Crippen molar-refractivity contribution in [3.63, 3.8) is 0 Å². The Bertz CT molecular complexity index is 1520. The second kappa shape index (κ2) is 11.5. The van der Waals surface area contributed by atoms with Gasteiger partial charge < -0.3 is 5.32 Å². The summed E-state index contributed by atoms with van der Waals surface area (Å²) in [7, 11) is -4.05. The third-order valence-corrected chi connectivity index (χ3v) is 9.08. The van der Waals surface area contributed by atoms with E-state index in [1.54, 1.807) is 42.5 Å². The van der Waals surface area contributed by atoms with Crippen LogP contribution in [0.1, 0.15) is 48.8 Å². The first-order valence-electron chi connectivity index (χ1n) is 12.3. The zero-order valence-electron chi connectivity index (χ0n) is 21.7. The van der Waals surface area contributed by atoms with Gasteiger partial charge in [-0.1, -0.05) is 53.0 Å². The van der Waals surface area contributed by atoms with Crippen LogP contribution >= 0.6 is 34.8 Å². The molecule has 0 unspecified atom stereocenters. The smallest absolute Gasteiger partial charge is 0.265 e. The number of anilines is 1. The van der Waals surface area contributed by atoms with Gasteiger partial charge in [0, 0.05) is 24.0 Å². The van der Waals surface area contributed by atoms with Gasteiger partial charge in [0.25, 0.3) is 10.0 Å². The summed E-state index contributed by atoms with van der Waals surface area (Å²) in [5.41, 5.74) is 0.762. The van der Waals surface area contributed by atoms with Crippen LogP contribution in [0.3, 0.4) is 0 Å². The molecule has 0 aliphatic carbocycles. The Kier molecular flexibility index (Phi) is 8.61. The lowest BCUT2D eigenvalue weighted by Gasteiger charge is -2.38. The molecule has 1 amide bonds. The van der Waals surface area contributed by atoms with E-state index in [1.807, 2.05) is 13.8 Å². The Morgan fingerprint density at radius 3 is 2.36 bits per heavy atom. The highest BCUT2D eigenvalue weighted by molar-refractivity contribution is 7.92. The summed E-state index contributed by atoms with van der Waals surface area (Å²) in [4.78, 5) is 29.5. The third kappa shape index (κ3) is 6.74. The number of hydrogen-bond donors (Lipinski definition) is 1. The van der Waals surface area contributed by atoms with E-state index in [0.29, 0.717) is 23.6 Å². The summed E-state index contributed by atoms with van der Waals surface area (Å²) in [5.74, 6) is -0.328. The molecule has 0 bridgehead atoms. The molecule has 1 aliphatic rings. The lowest BCUT2D eigenvalue weighted by atomic mass is 9.84. The van der Waals surface area contributed by atoms with Crippen molar-refractivity contribution >= 4 is 62.3 Å². The van der Waals surface area contributed by atoms with Crippen LogP contribution in [0.25, 0.3) is 0 Å². The van der Waals surface area contributed by atoms with Crippen molar-refractivity contribution in [2.75, 3.05) is 10.8 Å². The zero-order valence-corrected chi connectivity index (χ0v) is 24.8. The van der Waals surface area contributed by atoms with Crippen LogP contribution in [-0.4, -0.2) is 37.2 Å². The quantitative estimate of drug-likeness (QED) is 0.310. The number of nitrogens with one attached hydrogen (secondary N) is 1. The minimum atomic E-state index is -4.05. The Labute approximate surface area is 243 Å². The summed E-state index contributed by atoms with van der Waals surface area (Å²) in [6.45, 7) is 5.42. The molecule has 7 nitrogen and oxygen atoms in total. The van der Waals surface area contributed by atoms with Gasteiger partial charge in [0.2, 0.25) is 5.91 Å². The number of halogens is 3. The number of fused-ring (bicyclic) bond motifs is 1. The van der Waals surface area contributed by atoms with Crippen LogP contribution in [0.2, 0.25) is 15.1 Å². The predicted octanol–water partition coefficient (Wildman–Crippen LogP) is 6.14. The van der Waals surface area contributed by atoms with Crippen LogP contribution in [0, 0.1) is 5.92 Å². The Balaban J connectivity index is 1.73. The van der Waals surface area contributed by atoms with Gasteiger partial charge in [0.15, 0.2) is 5.78 Å². The zero-order chi connectivity index (χ0) is 28.5. The molecule has 1 N–H and O–H groups in total. The molecule has 39 heavy (non-hydrogen) atoms. The van der Waals surface area contributed by atoms with Gasteiger partial charge in [0.1, 0.15) is 5.82 Å². The summed E-state index contributed by atoms with van der Waals surface area (Å²) < 4.78 is 29.1. The molecule has 206 valence electrons. The molecule has 0 fully saturated rings. The van der Waals surface area contributed by atoms with Crippen LogP contribution in [0.15, 0.2) is 59.5 Å². The van der Waals surface area contributed by atoms with Gasteiger partial charge in [0.05, 0.1) is 32.6 Å². The topological polar surface area (TPSA) is 96.4 Å². The molecular formula is C28H28Cl3N3O4S. The predicted molar refractivity (Wildman–Crippen MR) is 154 cm³/mol. The standard InChI is InChI=1S/C28H28Cl3N3O4S/c1-17(35)33-28(2,3)15-18-12-19-10-11-21(14-25(36)26-23(30)8-5-9-24(26)31)32-27(19)34(16-18)39(37,38)22-7-4-6-20(29)13-22/h4-11,13,18H,12,14-16H2,1-3H3,(H,33,35)/t18-/m0/s1. The van der Waals surface area contributed by atoms with Crippen molar-refractivity contribution < 1.29 is 18.0 Å². The van der Waals surface area contributed by atoms with E-state index in [2.05, 4.69) is 10.3 Å². The molecule has 2 aromatic carbocycles. The molecule has 4 rings (SSSR count). The number of Topliss-reactive ketones (excluding diaryl/α,β-unsaturated/α-hetero) is 1. The number of sulfonamides is 1. The molecule has 1 aromatic heterocycles. The highest BCUT2D eigenvalue weighted by atomic mass is 35.5. The fourth-order valence-electron chi connectivity index (χ4n) is 5.06.